The van der Waals surface area contributed by atoms with Crippen LogP contribution in [0.1, 0.15) is 18.4 Å². The fourth-order valence-electron chi connectivity index (χ4n) is 3.47. The van der Waals surface area contributed by atoms with Crippen molar-refractivity contribution in [3.63, 3.8) is 0 Å². The van der Waals surface area contributed by atoms with E-state index in [0.29, 0.717) is 13.0 Å². The third-order valence-corrected chi connectivity index (χ3v) is 4.75. The molecule has 0 saturated carbocycles. The Morgan fingerprint density at radius 2 is 2.12 bits per heavy atom. The summed E-state index contributed by atoms with van der Waals surface area (Å²) in [4.78, 5) is 11.1. The Labute approximate surface area is 152 Å². The van der Waals surface area contributed by atoms with E-state index < -0.39 is 0 Å². The fraction of sp³-hybridized carbons (Fsp3) is 0.368. The van der Waals surface area contributed by atoms with Gasteiger partial charge in [-0.05, 0) is 24.5 Å². The Balaban J connectivity index is 1.35. The van der Waals surface area contributed by atoms with E-state index in [9.17, 15) is 0 Å². The predicted octanol–water partition coefficient (Wildman–Crippen LogP) is 2.60. The van der Waals surface area contributed by atoms with Crippen molar-refractivity contribution in [1.82, 2.24) is 19.7 Å². The molecule has 0 bridgehead atoms. The van der Waals surface area contributed by atoms with Crippen LogP contribution in [-0.2, 0) is 13.0 Å². The maximum atomic E-state index is 8.75. The standard InChI is InChI=1S/C19H21N7/c20-8-3-11-26-19-16(13-24-26)18(22-14-23-19)21-9-4-10-25-12-7-15-5-1-2-6-17(15)25/h1-2,5-6,13-14H,3-4,7,9-12H2,(H,21,22,23). The van der Waals surface area contributed by atoms with Crippen molar-refractivity contribution in [2.75, 3.05) is 29.9 Å². The summed E-state index contributed by atoms with van der Waals surface area (Å²) >= 11 is 0. The first kappa shape index (κ1) is 16.3. The van der Waals surface area contributed by atoms with Crippen LogP contribution in [0.5, 0.6) is 0 Å². The summed E-state index contributed by atoms with van der Waals surface area (Å²) in [5.41, 5.74) is 3.59. The summed E-state index contributed by atoms with van der Waals surface area (Å²) in [6.07, 6.45) is 5.90. The zero-order valence-corrected chi connectivity index (χ0v) is 14.6. The number of nitrogens with zero attached hydrogens (tertiary/aromatic N) is 6. The molecule has 132 valence electrons. The molecule has 1 N–H and O–H groups in total. The largest absolute Gasteiger partial charge is 0.371 e. The third-order valence-electron chi connectivity index (χ3n) is 4.75. The zero-order valence-electron chi connectivity index (χ0n) is 14.6. The van der Waals surface area contributed by atoms with Gasteiger partial charge in [0.25, 0.3) is 0 Å². The van der Waals surface area contributed by atoms with E-state index >= 15 is 0 Å². The van der Waals surface area contributed by atoms with Crippen LogP contribution < -0.4 is 10.2 Å². The lowest BCUT2D eigenvalue weighted by Gasteiger charge is -2.19. The van der Waals surface area contributed by atoms with Gasteiger partial charge in [-0.15, -0.1) is 0 Å². The van der Waals surface area contributed by atoms with Crippen molar-refractivity contribution in [3.05, 3.63) is 42.4 Å². The molecular formula is C19H21N7. The van der Waals surface area contributed by atoms with Crippen molar-refractivity contribution >= 4 is 22.5 Å². The van der Waals surface area contributed by atoms with Crippen LogP contribution in [0.15, 0.2) is 36.8 Å². The van der Waals surface area contributed by atoms with Gasteiger partial charge in [-0.25, -0.2) is 14.6 Å². The first-order valence-corrected chi connectivity index (χ1v) is 8.97. The number of para-hydroxylation sites is 1. The first-order valence-electron chi connectivity index (χ1n) is 8.97. The predicted molar refractivity (Wildman–Crippen MR) is 101 cm³/mol. The lowest BCUT2D eigenvalue weighted by molar-refractivity contribution is 0.643. The molecule has 2 aromatic heterocycles. The Bertz CT molecular complexity index is 940. The summed E-state index contributed by atoms with van der Waals surface area (Å²) < 4.78 is 1.76. The maximum absolute atomic E-state index is 8.75. The van der Waals surface area contributed by atoms with Gasteiger partial charge in [0.05, 0.1) is 30.6 Å². The Morgan fingerprint density at radius 1 is 1.19 bits per heavy atom. The second-order valence-corrected chi connectivity index (χ2v) is 6.38. The van der Waals surface area contributed by atoms with Crippen molar-refractivity contribution < 1.29 is 0 Å². The normalized spacial score (nSPS) is 13.0. The molecule has 3 aromatic rings. The van der Waals surface area contributed by atoms with E-state index in [4.69, 9.17) is 5.26 Å². The number of rotatable bonds is 7. The van der Waals surface area contributed by atoms with Crippen molar-refractivity contribution in [2.24, 2.45) is 0 Å². The highest BCUT2D eigenvalue weighted by Gasteiger charge is 2.17. The van der Waals surface area contributed by atoms with Crippen molar-refractivity contribution in [2.45, 2.75) is 25.8 Å². The van der Waals surface area contributed by atoms with E-state index in [1.54, 1.807) is 17.2 Å². The molecule has 0 atom stereocenters. The molecular weight excluding hydrogens is 326 g/mol. The van der Waals surface area contributed by atoms with Gasteiger partial charge < -0.3 is 10.2 Å². The number of hydrogen-bond acceptors (Lipinski definition) is 6. The van der Waals surface area contributed by atoms with Gasteiger partial charge in [-0.3, -0.25) is 0 Å². The number of aromatic nitrogens is 4. The molecule has 1 aromatic carbocycles. The van der Waals surface area contributed by atoms with E-state index in [1.165, 1.54) is 11.3 Å². The summed E-state index contributed by atoms with van der Waals surface area (Å²) in [5, 5.41) is 17.4. The number of anilines is 2. The smallest absolute Gasteiger partial charge is 0.163 e. The van der Waals surface area contributed by atoms with Crippen LogP contribution in [0, 0.1) is 11.3 Å². The highest BCUT2D eigenvalue weighted by molar-refractivity contribution is 5.86. The molecule has 26 heavy (non-hydrogen) atoms. The Morgan fingerprint density at radius 3 is 3.04 bits per heavy atom. The zero-order chi connectivity index (χ0) is 17.8. The summed E-state index contributed by atoms with van der Waals surface area (Å²) in [7, 11) is 0. The topological polar surface area (TPSA) is 82.7 Å². The van der Waals surface area contributed by atoms with Crippen molar-refractivity contribution in [3.8, 4) is 6.07 Å². The van der Waals surface area contributed by atoms with Gasteiger partial charge in [0, 0.05) is 25.3 Å². The molecule has 0 saturated heterocycles. The molecule has 3 heterocycles. The number of benzene rings is 1. The minimum atomic E-state index is 0.418. The van der Waals surface area contributed by atoms with Crippen molar-refractivity contribution in [1.29, 1.82) is 5.26 Å². The molecule has 1 aliphatic rings. The van der Waals surface area contributed by atoms with Gasteiger partial charge >= 0.3 is 0 Å². The summed E-state index contributed by atoms with van der Waals surface area (Å²) in [6.45, 7) is 3.52. The van der Waals surface area contributed by atoms with Gasteiger partial charge in [0.15, 0.2) is 5.65 Å². The Kier molecular flexibility index (Phi) is 4.65. The molecule has 0 amide bonds. The molecule has 0 unspecified atom stereocenters. The highest BCUT2D eigenvalue weighted by Crippen LogP contribution is 2.27. The lowest BCUT2D eigenvalue weighted by Crippen LogP contribution is -2.23. The highest BCUT2D eigenvalue weighted by atomic mass is 15.3. The summed E-state index contributed by atoms with van der Waals surface area (Å²) in [5.74, 6) is 0.806. The molecule has 0 aliphatic carbocycles. The SMILES string of the molecule is N#CCCn1ncc2c(NCCCN3CCc4ccccc43)ncnc21. The molecule has 4 rings (SSSR count). The van der Waals surface area contributed by atoms with E-state index in [2.05, 4.69) is 55.6 Å². The van der Waals surface area contributed by atoms with Crippen LogP contribution in [0.4, 0.5) is 11.5 Å². The van der Waals surface area contributed by atoms with Gasteiger partial charge in [0.2, 0.25) is 0 Å². The number of hydrogen-bond donors (Lipinski definition) is 1. The maximum Gasteiger partial charge on any atom is 0.163 e. The van der Waals surface area contributed by atoms with E-state index in [1.807, 2.05) is 0 Å². The van der Waals surface area contributed by atoms with Gasteiger partial charge in [-0.2, -0.15) is 10.4 Å². The molecule has 0 radical (unpaired) electrons. The fourth-order valence-corrected chi connectivity index (χ4v) is 3.47. The van der Waals surface area contributed by atoms with Gasteiger partial charge in [0.1, 0.15) is 12.1 Å². The molecule has 0 fully saturated rings. The monoisotopic (exact) mass is 347 g/mol. The number of nitrogens with one attached hydrogen (secondary N) is 1. The van der Waals surface area contributed by atoms with Crippen LogP contribution in [-0.4, -0.2) is 39.4 Å². The second-order valence-electron chi connectivity index (χ2n) is 6.38. The van der Waals surface area contributed by atoms with Crippen LogP contribution in [0.3, 0.4) is 0 Å². The van der Waals surface area contributed by atoms with Crippen LogP contribution >= 0.6 is 0 Å². The molecule has 1 aliphatic heterocycles. The minimum Gasteiger partial charge on any atom is -0.371 e. The average Bonchev–Trinajstić information content (AvgIpc) is 3.28. The van der Waals surface area contributed by atoms with E-state index in [-0.39, 0.29) is 0 Å². The number of nitriles is 1. The van der Waals surface area contributed by atoms with Crippen LogP contribution in [0.2, 0.25) is 0 Å². The minimum absolute atomic E-state index is 0.418. The number of fused-ring (bicyclic) bond motifs is 2. The quantitative estimate of drug-likeness (QED) is 0.662. The number of aryl methyl sites for hydroxylation is 1. The summed E-state index contributed by atoms with van der Waals surface area (Å²) in [6, 6.07) is 10.8. The lowest BCUT2D eigenvalue weighted by atomic mass is 10.2. The third kappa shape index (κ3) is 3.18. The molecule has 0 spiro atoms. The van der Waals surface area contributed by atoms with Gasteiger partial charge in [-0.1, -0.05) is 18.2 Å². The molecule has 7 heteroatoms. The second kappa shape index (κ2) is 7.40. The Hall–Kier alpha value is -3.14. The molecule has 7 nitrogen and oxygen atoms in total. The van der Waals surface area contributed by atoms with E-state index in [0.717, 1.165) is 49.3 Å². The average molecular weight is 347 g/mol. The van der Waals surface area contributed by atoms with Crippen LogP contribution in [0.25, 0.3) is 11.0 Å². The first-order chi connectivity index (χ1) is 12.9.